The average molecular weight is 331 g/mol. The summed E-state index contributed by atoms with van der Waals surface area (Å²) >= 11 is 1.44. The van der Waals surface area contributed by atoms with E-state index in [1.807, 2.05) is 0 Å². The number of esters is 2. The molecule has 8 heteroatoms. The Morgan fingerprint density at radius 2 is 2.09 bits per heavy atom. The minimum Gasteiger partial charge on any atom is -0.469 e. The van der Waals surface area contributed by atoms with Gasteiger partial charge >= 0.3 is 11.9 Å². The molecule has 1 aliphatic carbocycles. The topological polar surface area (TPSA) is 98.8 Å². The fourth-order valence-electron chi connectivity index (χ4n) is 2.21. The molecule has 1 amide bonds. The third-order valence-corrected chi connectivity index (χ3v) is 4.49. The molecule has 2 atom stereocenters. The number of Topliss-reactive ketones (excluding diaryl/α,β-unsaturated/α-hetero) is 1. The molecule has 7 nitrogen and oxygen atoms in total. The maximum atomic E-state index is 11.8. The van der Waals surface area contributed by atoms with Crippen LogP contribution in [0.2, 0.25) is 0 Å². The van der Waals surface area contributed by atoms with Gasteiger partial charge in [-0.05, 0) is 6.42 Å². The molecule has 1 aliphatic rings. The highest BCUT2D eigenvalue weighted by Gasteiger charge is 2.39. The van der Waals surface area contributed by atoms with Crippen molar-refractivity contribution in [2.75, 3.05) is 25.3 Å². The van der Waals surface area contributed by atoms with Crippen molar-refractivity contribution in [1.29, 1.82) is 0 Å². The summed E-state index contributed by atoms with van der Waals surface area (Å²) in [6.07, 6.45) is 1.13. The summed E-state index contributed by atoms with van der Waals surface area (Å²) in [6, 6.07) is 0. The molecular weight excluding hydrogens is 310 g/mol. The maximum Gasteiger partial charge on any atom is 0.309 e. The van der Waals surface area contributed by atoms with Crippen LogP contribution in [0.25, 0.3) is 0 Å². The van der Waals surface area contributed by atoms with Crippen molar-refractivity contribution in [3.05, 3.63) is 0 Å². The van der Waals surface area contributed by atoms with Crippen LogP contribution in [0.3, 0.4) is 0 Å². The summed E-state index contributed by atoms with van der Waals surface area (Å²) in [5, 5.41) is 2.36. The number of methoxy groups -OCH3 is 1. The molecule has 0 radical (unpaired) electrons. The first-order valence-corrected chi connectivity index (χ1v) is 8.19. The van der Waals surface area contributed by atoms with Crippen molar-refractivity contribution in [2.45, 2.75) is 26.2 Å². The third-order valence-electron chi connectivity index (χ3n) is 3.41. The van der Waals surface area contributed by atoms with Crippen LogP contribution >= 0.6 is 11.8 Å². The first kappa shape index (κ1) is 18.5. The molecule has 1 saturated carbocycles. The molecule has 0 aromatic heterocycles. The Labute approximate surface area is 133 Å². The second-order valence-corrected chi connectivity index (χ2v) is 6.11. The van der Waals surface area contributed by atoms with Crippen molar-refractivity contribution in [3.8, 4) is 0 Å². The molecular formula is C14H21NO6S. The van der Waals surface area contributed by atoms with Crippen LogP contribution in [0.4, 0.5) is 0 Å². The number of carbonyl (C=O) groups excluding carboxylic acids is 4. The van der Waals surface area contributed by atoms with Crippen LogP contribution in [0, 0.1) is 11.8 Å². The SMILES string of the molecule is COC(=O)C1CCC(=O)C1CSCCC(=O)OCNC(C)=O. The van der Waals surface area contributed by atoms with Gasteiger partial charge in [0.25, 0.3) is 0 Å². The van der Waals surface area contributed by atoms with Crippen molar-refractivity contribution in [2.24, 2.45) is 11.8 Å². The van der Waals surface area contributed by atoms with Gasteiger partial charge < -0.3 is 14.8 Å². The lowest BCUT2D eigenvalue weighted by atomic mass is 9.98. The summed E-state index contributed by atoms with van der Waals surface area (Å²) < 4.78 is 9.51. The lowest BCUT2D eigenvalue weighted by Gasteiger charge is -2.15. The number of carbonyl (C=O) groups is 4. The Kier molecular flexibility index (Phi) is 7.94. The first-order chi connectivity index (χ1) is 10.5. The van der Waals surface area contributed by atoms with E-state index in [1.165, 1.54) is 25.8 Å². The summed E-state index contributed by atoms with van der Waals surface area (Å²) in [5.41, 5.74) is 0. The zero-order chi connectivity index (χ0) is 16.5. The van der Waals surface area contributed by atoms with E-state index in [4.69, 9.17) is 9.47 Å². The fourth-order valence-corrected chi connectivity index (χ4v) is 3.36. The van der Waals surface area contributed by atoms with Crippen LogP contribution < -0.4 is 5.32 Å². The molecule has 0 aromatic carbocycles. The highest BCUT2D eigenvalue weighted by molar-refractivity contribution is 7.99. The van der Waals surface area contributed by atoms with Gasteiger partial charge in [-0.3, -0.25) is 19.2 Å². The molecule has 1 rings (SSSR count). The van der Waals surface area contributed by atoms with Crippen LogP contribution in [0.15, 0.2) is 0 Å². The van der Waals surface area contributed by atoms with Crippen molar-refractivity contribution in [3.63, 3.8) is 0 Å². The number of nitrogens with one attached hydrogen (secondary N) is 1. The normalized spacial score (nSPS) is 20.5. The quantitative estimate of drug-likeness (QED) is 0.393. The molecule has 124 valence electrons. The zero-order valence-corrected chi connectivity index (χ0v) is 13.6. The molecule has 0 aliphatic heterocycles. The van der Waals surface area contributed by atoms with Crippen LogP contribution in [-0.4, -0.2) is 49.0 Å². The molecule has 2 unspecified atom stereocenters. The largest absolute Gasteiger partial charge is 0.469 e. The van der Waals surface area contributed by atoms with E-state index in [0.29, 0.717) is 24.3 Å². The Balaban J connectivity index is 2.22. The number of thioether (sulfide) groups is 1. The fraction of sp³-hybridized carbons (Fsp3) is 0.714. The van der Waals surface area contributed by atoms with E-state index >= 15 is 0 Å². The minimum atomic E-state index is -0.413. The molecule has 0 aromatic rings. The standard InChI is InChI=1S/C14H21NO6S/c1-9(16)15-8-21-13(18)5-6-22-7-11-10(14(19)20-2)3-4-12(11)17/h10-11H,3-8H2,1-2H3,(H,15,16). The smallest absolute Gasteiger partial charge is 0.309 e. The second-order valence-electron chi connectivity index (χ2n) is 4.96. The van der Waals surface area contributed by atoms with Gasteiger partial charge in [0.2, 0.25) is 5.91 Å². The first-order valence-electron chi connectivity index (χ1n) is 7.04. The van der Waals surface area contributed by atoms with E-state index in [1.54, 1.807) is 0 Å². The second kappa shape index (κ2) is 9.45. The predicted molar refractivity (Wildman–Crippen MR) is 80.0 cm³/mol. The van der Waals surface area contributed by atoms with Crippen molar-refractivity contribution < 1.29 is 28.7 Å². The number of hydrogen-bond acceptors (Lipinski definition) is 7. The van der Waals surface area contributed by atoms with Gasteiger partial charge in [0.05, 0.1) is 19.4 Å². The van der Waals surface area contributed by atoms with Crippen LogP contribution in [0.5, 0.6) is 0 Å². The monoisotopic (exact) mass is 331 g/mol. The Bertz CT molecular complexity index is 439. The van der Waals surface area contributed by atoms with E-state index in [0.717, 1.165) is 0 Å². The predicted octanol–water partition coefficient (Wildman–Crippen LogP) is 0.515. The number of ketones is 1. The van der Waals surface area contributed by atoms with E-state index in [2.05, 4.69) is 5.32 Å². The molecule has 1 N–H and O–H groups in total. The van der Waals surface area contributed by atoms with Gasteiger partial charge in [-0.2, -0.15) is 11.8 Å². The zero-order valence-electron chi connectivity index (χ0n) is 12.8. The van der Waals surface area contributed by atoms with Crippen LogP contribution in [0.1, 0.15) is 26.2 Å². The highest BCUT2D eigenvalue weighted by Crippen LogP contribution is 2.32. The lowest BCUT2D eigenvalue weighted by molar-refractivity contribution is -0.147. The van der Waals surface area contributed by atoms with Gasteiger partial charge in [-0.25, -0.2) is 0 Å². The number of ether oxygens (including phenoxy) is 2. The Hall–Kier alpha value is -1.57. The molecule has 0 saturated heterocycles. The molecule has 0 spiro atoms. The van der Waals surface area contributed by atoms with Crippen LogP contribution in [-0.2, 0) is 28.7 Å². The highest BCUT2D eigenvalue weighted by atomic mass is 32.2. The van der Waals surface area contributed by atoms with Gasteiger partial charge in [-0.1, -0.05) is 0 Å². The van der Waals surface area contributed by atoms with Gasteiger partial charge in [0, 0.05) is 30.8 Å². The van der Waals surface area contributed by atoms with Crippen molar-refractivity contribution in [1.82, 2.24) is 5.32 Å². The lowest BCUT2D eigenvalue weighted by Crippen LogP contribution is -2.26. The number of amides is 1. The maximum absolute atomic E-state index is 11.8. The third kappa shape index (κ3) is 6.05. The molecule has 22 heavy (non-hydrogen) atoms. The summed E-state index contributed by atoms with van der Waals surface area (Å²) in [5.74, 6) is -0.639. The minimum absolute atomic E-state index is 0.0798. The van der Waals surface area contributed by atoms with Gasteiger partial charge in [0.1, 0.15) is 5.78 Å². The summed E-state index contributed by atoms with van der Waals surface area (Å²) in [6.45, 7) is 1.20. The van der Waals surface area contributed by atoms with E-state index < -0.39 is 5.97 Å². The Morgan fingerprint density at radius 1 is 1.36 bits per heavy atom. The molecule has 0 heterocycles. The molecule has 0 bridgehead atoms. The number of hydrogen-bond donors (Lipinski definition) is 1. The van der Waals surface area contributed by atoms with Crippen molar-refractivity contribution >= 4 is 35.4 Å². The average Bonchev–Trinajstić information content (AvgIpc) is 2.83. The summed E-state index contributed by atoms with van der Waals surface area (Å²) in [7, 11) is 1.32. The van der Waals surface area contributed by atoms with E-state index in [-0.39, 0.29) is 42.6 Å². The molecule has 1 fully saturated rings. The summed E-state index contributed by atoms with van der Waals surface area (Å²) in [4.78, 5) is 45.4. The van der Waals surface area contributed by atoms with Gasteiger partial charge in [-0.15, -0.1) is 0 Å². The van der Waals surface area contributed by atoms with Gasteiger partial charge in [0.15, 0.2) is 6.73 Å². The number of rotatable bonds is 8. The Morgan fingerprint density at radius 3 is 2.73 bits per heavy atom. The van der Waals surface area contributed by atoms with E-state index in [9.17, 15) is 19.2 Å².